The zero-order chi connectivity index (χ0) is 9.97. The Morgan fingerprint density at radius 1 is 1.57 bits per heavy atom. The molecule has 0 spiro atoms. The Hall–Kier alpha value is -0.870. The van der Waals surface area contributed by atoms with Gasteiger partial charge in [-0.25, -0.2) is 0 Å². The first-order valence-corrected chi connectivity index (χ1v) is 5.02. The molecule has 2 bridgehead atoms. The van der Waals surface area contributed by atoms with Crippen molar-refractivity contribution < 1.29 is 14.3 Å². The fourth-order valence-electron chi connectivity index (χ4n) is 1.87. The van der Waals surface area contributed by atoms with Crippen LogP contribution >= 0.6 is 0 Å². The summed E-state index contributed by atoms with van der Waals surface area (Å²) in [6.45, 7) is 0.980. The molecule has 0 aromatic heterocycles. The second kappa shape index (κ2) is 4.11. The normalized spacial score (nSPS) is 33.6. The zero-order valence-electron chi connectivity index (χ0n) is 8.02. The number of hydrogen-bond donors (Lipinski definition) is 1. The molecule has 0 aromatic carbocycles. The first-order valence-electron chi connectivity index (χ1n) is 5.02. The summed E-state index contributed by atoms with van der Waals surface area (Å²) in [5.74, 6) is -0.238. The lowest BCUT2D eigenvalue weighted by atomic mass is 9.95. The van der Waals surface area contributed by atoms with E-state index in [9.17, 15) is 4.79 Å². The van der Waals surface area contributed by atoms with Crippen molar-refractivity contribution in [2.24, 2.45) is 11.7 Å². The maximum Gasteiger partial charge on any atom is 0.312 e. The van der Waals surface area contributed by atoms with Crippen LogP contribution in [-0.4, -0.2) is 31.3 Å². The minimum Gasteiger partial charge on any atom is -0.465 e. The minimum atomic E-state index is -0.143. The Morgan fingerprint density at radius 2 is 2.43 bits per heavy atom. The molecule has 0 aliphatic carbocycles. The van der Waals surface area contributed by atoms with Crippen LogP contribution in [0.4, 0.5) is 0 Å². The van der Waals surface area contributed by atoms with Crippen molar-refractivity contribution in [1.82, 2.24) is 0 Å². The summed E-state index contributed by atoms with van der Waals surface area (Å²) in [7, 11) is 0. The molecule has 4 nitrogen and oxygen atoms in total. The van der Waals surface area contributed by atoms with Gasteiger partial charge in [0.15, 0.2) is 0 Å². The topological polar surface area (TPSA) is 61.5 Å². The molecule has 2 aliphatic rings. The molecule has 2 rings (SSSR count). The quantitative estimate of drug-likeness (QED) is 0.398. The lowest BCUT2D eigenvalue weighted by molar-refractivity contribution is -0.149. The monoisotopic (exact) mass is 197 g/mol. The number of nitrogens with two attached hydrogens (primary N) is 1. The third kappa shape index (κ3) is 1.81. The summed E-state index contributed by atoms with van der Waals surface area (Å²) in [6.07, 6.45) is 5.53. The van der Waals surface area contributed by atoms with Gasteiger partial charge in [-0.3, -0.25) is 4.79 Å². The molecule has 0 radical (unpaired) electrons. The van der Waals surface area contributed by atoms with Gasteiger partial charge in [-0.2, -0.15) is 0 Å². The van der Waals surface area contributed by atoms with Crippen molar-refractivity contribution in [2.45, 2.75) is 25.0 Å². The van der Waals surface area contributed by atoms with Gasteiger partial charge in [-0.1, -0.05) is 12.2 Å². The van der Waals surface area contributed by atoms with Crippen molar-refractivity contribution in [1.29, 1.82) is 0 Å². The molecule has 3 atom stereocenters. The van der Waals surface area contributed by atoms with E-state index in [-0.39, 0.29) is 24.1 Å². The highest BCUT2D eigenvalue weighted by Gasteiger charge is 2.41. The zero-order valence-corrected chi connectivity index (χ0v) is 8.02. The molecule has 14 heavy (non-hydrogen) atoms. The first-order chi connectivity index (χ1) is 6.81. The predicted molar refractivity (Wildman–Crippen MR) is 50.5 cm³/mol. The molecule has 2 N–H and O–H groups in total. The molecule has 0 amide bonds. The Morgan fingerprint density at radius 3 is 3.00 bits per heavy atom. The fourth-order valence-corrected chi connectivity index (χ4v) is 1.87. The number of carbonyl (C=O) groups excluding carboxylic acids is 1. The number of ether oxygens (including phenoxy) is 2. The van der Waals surface area contributed by atoms with Crippen molar-refractivity contribution in [3.8, 4) is 0 Å². The lowest BCUT2D eigenvalue weighted by Crippen LogP contribution is -2.26. The average Bonchev–Trinajstić information content (AvgIpc) is 2.79. The van der Waals surface area contributed by atoms with Crippen LogP contribution in [0.1, 0.15) is 12.8 Å². The molecular weight excluding hydrogens is 182 g/mol. The summed E-state index contributed by atoms with van der Waals surface area (Å²) in [5, 5.41) is 0. The van der Waals surface area contributed by atoms with Gasteiger partial charge in [0, 0.05) is 0 Å². The third-order valence-electron chi connectivity index (χ3n) is 2.63. The van der Waals surface area contributed by atoms with Gasteiger partial charge in [0.25, 0.3) is 0 Å². The summed E-state index contributed by atoms with van der Waals surface area (Å²) in [6, 6.07) is 0. The van der Waals surface area contributed by atoms with Crippen LogP contribution in [-0.2, 0) is 14.3 Å². The minimum absolute atomic E-state index is 0.0506. The molecular formula is C10H15NO3. The third-order valence-corrected chi connectivity index (χ3v) is 2.63. The molecule has 2 heterocycles. The number of esters is 1. The molecule has 3 unspecified atom stereocenters. The second-order valence-corrected chi connectivity index (χ2v) is 3.68. The summed E-state index contributed by atoms with van der Waals surface area (Å²) in [5.41, 5.74) is 5.30. The molecule has 78 valence electrons. The standard InChI is InChI=1S/C10H15NO3/c11-4-1-5-13-10(12)8-6-7-2-3-9(8)14-7/h2-3,7-9H,1,4-6,11H2. The van der Waals surface area contributed by atoms with Gasteiger partial charge in [0.05, 0.1) is 24.7 Å². The van der Waals surface area contributed by atoms with Crippen molar-refractivity contribution >= 4 is 5.97 Å². The number of carbonyl (C=O) groups is 1. The maximum atomic E-state index is 11.5. The summed E-state index contributed by atoms with van der Waals surface area (Å²) in [4.78, 5) is 11.5. The van der Waals surface area contributed by atoms with Crippen LogP contribution in [0.25, 0.3) is 0 Å². The van der Waals surface area contributed by atoms with E-state index in [1.807, 2.05) is 12.2 Å². The number of fused-ring (bicyclic) bond motifs is 2. The van der Waals surface area contributed by atoms with Gasteiger partial charge in [0.1, 0.15) is 0 Å². The highest BCUT2D eigenvalue weighted by atomic mass is 16.5. The smallest absolute Gasteiger partial charge is 0.312 e. The highest BCUT2D eigenvalue weighted by molar-refractivity contribution is 5.74. The van der Waals surface area contributed by atoms with Crippen LogP contribution in [0.15, 0.2) is 12.2 Å². The van der Waals surface area contributed by atoms with E-state index in [1.54, 1.807) is 0 Å². The van der Waals surface area contributed by atoms with Crippen LogP contribution in [0.3, 0.4) is 0 Å². The van der Waals surface area contributed by atoms with Crippen molar-refractivity contribution in [3.05, 3.63) is 12.2 Å². The Kier molecular flexibility index (Phi) is 2.84. The van der Waals surface area contributed by atoms with Crippen LogP contribution in [0.2, 0.25) is 0 Å². The van der Waals surface area contributed by atoms with E-state index in [0.717, 1.165) is 12.8 Å². The first kappa shape index (κ1) is 9.68. The molecule has 4 heteroatoms. The summed E-state index contributed by atoms with van der Waals surface area (Å²) < 4.78 is 10.6. The molecule has 0 saturated carbocycles. The van der Waals surface area contributed by atoms with E-state index >= 15 is 0 Å². The van der Waals surface area contributed by atoms with E-state index in [1.165, 1.54) is 0 Å². The molecule has 0 aromatic rings. The molecule has 1 saturated heterocycles. The van der Waals surface area contributed by atoms with E-state index in [4.69, 9.17) is 15.2 Å². The lowest BCUT2D eigenvalue weighted by Gasteiger charge is -2.13. The van der Waals surface area contributed by atoms with Gasteiger partial charge in [0.2, 0.25) is 0 Å². The van der Waals surface area contributed by atoms with Gasteiger partial charge < -0.3 is 15.2 Å². The van der Waals surface area contributed by atoms with E-state index < -0.39 is 0 Å². The predicted octanol–water partition coefficient (Wildman–Crippen LogP) is 0.222. The largest absolute Gasteiger partial charge is 0.465 e. The molecule has 1 fully saturated rings. The Labute approximate surface area is 83.1 Å². The van der Waals surface area contributed by atoms with E-state index in [0.29, 0.717) is 13.2 Å². The second-order valence-electron chi connectivity index (χ2n) is 3.68. The summed E-state index contributed by atoms with van der Waals surface area (Å²) >= 11 is 0. The molecule has 2 aliphatic heterocycles. The van der Waals surface area contributed by atoms with Gasteiger partial charge >= 0.3 is 5.97 Å². The van der Waals surface area contributed by atoms with Crippen LogP contribution < -0.4 is 5.73 Å². The SMILES string of the molecule is NCCCOC(=O)C1CC2C=CC1O2. The maximum absolute atomic E-state index is 11.5. The Bertz CT molecular complexity index is 252. The number of hydrogen-bond acceptors (Lipinski definition) is 4. The number of rotatable bonds is 4. The van der Waals surface area contributed by atoms with Gasteiger partial charge in [-0.15, -0.1) is 0 Å². The van der Waals surface area contributed by atoms with Crippen molar-refractivity contribution in [3.63, 3.8) is 0 Å². The highest BCUT2D eigenvalue weighted by Crippen LogP contribution is 2.34. The van der Waals surface area contributed by atoms with Crippen LogP contribution in [0.5, 0.6) is 0 Å². The Balaban J connectivity index is 1.79. The van der Waals surface area contributed by atoms with Crippen molar-refractivity contribution in [2.75, 3.05) is 13.2 Å². The van der Waals surface area contributed by atoms with Gasteiger partial charge in [-0.05, 0) is 19.4 Å². The van der Waals surface area contributed by atoms with E-state index in [2.05, 4.69) is 0 Å². The fraction of sp³-hybridized carbons (Fsp3) is 0.700. The van der Waals surface area contributed by atoms with Crippen LogP contribution in [0, 0.1) is 5.92 Å². The average molecular weight is 197 g/mol.